The summed E-state index contributed by atoms with van der Waals surface area (Å²) < 4.78 is 5.20. The normalized spacial score (nSPS) is 11.2. The van der Waals surface area contributed by atoms with Gasteiger partial charge in [-0.25, -0.2) is 0 Å². The molecule has 0 atom stereocenters. The van der Waals surface area contributed by atoms with Gasteiger partial charge in [-0.05, 0) is 38.5 Å². The van der Waals surface area contributed by atoms with Crippen molar-refractivity contribution < 1.29 is 9.53 Å². The number of rotatable bonds is 5. The molecule has 0 fully saturated rings. The van der Waals surface area contributed by atoms with Crippen molar-refractivity contribution in [3.63, 3.8) is 0 Å². The van der Waals surface area contributed by atoms with E-state index in [1.807, 2.05) is 32.9 Å². The molecule has 0 aromatic carbocycles. The van der Waals surface area contributed by atoms with Gasteiger partial charge in [-0.2, -0.15) is 0 Å². The van der Waals surface area contributed by atoms with Gasteiger partial charge in [-0.1, -0.05) is 0 Å². The lowest BCUT2D eigenvalue weighted by molar-refractivity contribution is -0.154. The number of esters is 1. The lowest BCUT2D eigenvalue weighted by Gasteiger charge is -2.19. The van der Waals surface area contributed by atoms with Crippen molar-refractivity contribution in [2.45, 2.75) is 39.3 Å². The molecular formula is C13H20N2O2. The highest BCUT2D eigenvalue weighted by Crippen LogP contribution is 2.07. The maximum absolute atomic E-state index is 11.4. The van der Waals surface area contributed by atoms with E-state index in [4.69, 9.17) is 4.74 Å². The third kappa shape index (κ3) is 6.68. The Bertz CT molecular complexity index is 344. The van der Waals surface area contributed by atoms with Crippen LogP contribution in [-0.4, -0.2) is 23.1 Å². The van der Waals surface area contributed by atoms with E-state index in [1.54, 1.807) is 12.4 Å². The monoisotopic (exact) mass is 236 g/mol. The number of nitrogens with zero attached hydrogens (tertiary/aromatic N) is 1. The van der Waals surface area contributed by atoms with Crippen LogP contribution in [0.3, 0.4) is 0 Å². The van der Waals surface area contributed by atoms with Crippen molar-refractivity contribution in [2.24, 2.45) is 0 Å². The highest BCUT2D eigenvalue weighted by Gasteiger charge is 2.15. The highest BCUT2D eigenvalue weighted by atomic mass is 16.6. The largest absolute Gasteiger partial charge is 0.460 e. The lowest BCUT2D eigenvalue weighted by Crippen LogP contribution is -2.26. The maximum atomic E-state index is 11.4. The molecule has 1 heterocycles. The van der Waals surface area contributed by atoms with Crippen LogP contribution in [0.2, 0.25) is 0 Å². The minimum Gasteiger partial charge on any atom is -0.460 e. The van der Waals surface area contributed by atoms with Crippen molar-refractivity contribution in [3.8, 4) is 0 Å². The first-order valence-electron chi connectivity index (χ1n) is 5.79. The quantitative estimate of drug-likeness (QED) is 0.626. The Morgan fingerprint density at radius 2 is 2.00 bits per heavy atom. The maximum Gasteiger partial charge on any atom is 0.307 e. The molecule has 1 N–H and O–H groups in total. The molecule has 0 amide bonds. The molecule has 0 saturated heterocycles. The molecular weight excluding hydrogens is 216 g/mol. The number of carbonyl (C=O) groups is 1. The molecule has 1 aromatic rings. The standard InChI is InChI=1S/C13H20N2O2/c1-13(2,3)17-12(16)6-9-15-10-11-4-7-14-8-5-11/h4-5,7-8,15H,6,9-10H2,1-3H3. The van der Waals surface area contributed by atoms with Crippen molar-refractivity contribution in [2.75, 3.05) is 6.54 Å². The van der Waals surface area contributed by atoms with Crippen molar-refractivity contribution in [1.82, 2.24) is 10.3 Å². The van der Waals surface area contributed by atoms with Crippen molar-refractivity contribution in [1.29, 1.82) is 0 Å². The zero-order valence-electron chi connectivity index (χ0n) is 10.7. The summed E-state index contributed by atoms with van der Waals surface area (Å²) in [5.74, 6) is -0.167. The fourth-order valence-corrected chi connectivity index (χ4v) is 1.32. The van der Waals surface area contributed by atoms with E-state index in [0.29, 0.717) is 13.0 Å². The van der Waals surface area contributed by atoms with Gasteiger partial charge in [0, 0.05) is 25.5 Å². The smallest absolute Gasteiger partial charge is 0.307 e. The average Bonchev–Trinajstić information content (AvgIpc) is 2.23. The molecule has 0 unspecified atom stereocenters. The predicted molar refractivity (Wildman–Crippen MR) is 66.4 cm³/mol. The molecule has 1 aromatic heterocycles. The summed E-state index contributed by atoms with van der Waals surface area (Å²) in [6, 6.07) is 3.89. The van der Waals surface area contributed by atoms with Crippen LogP contribution >= 0.6 is 0 Å². The lowest BCUT2D eigenvalue weighted by atomic mass is 10.2. The fourth-order valence-electron chi connectivity index (χ4n) is 1.32. The summed E-state index contributed by atoms with van der Waals surface area (Å²) in [5.41, 5.74) is 0.756. The first-order valence-corrected chi connectivity index (χ1v) is 5.79. The second-order valence-electron chi connectivity index (χ2n) is 4.87. The van der Waals surface area contributed by atoms with Crippen LogP contribution in [0.15, 0.2) is 24.5 Å². The number of hydrogen-bond donors (Lipinski definition) is 1. The van der Waals surface area contributed by atoms with Gasteiger partial charge < -0.3 is 10.1 Å². The Morgan fingerprint density at radius 1 is 1.35 bits per heavy atom. The molecule has 94 valence electrons. The Morgan fingerprint density at radius 3 is 2.59 bits per heavy atom. The second-order valence-corrected chi connectivity index (χ2v) is 4.87. The zero-order valence-corrected chi connectivity index (χ0v) is 10.7. The molecule has 0 aliphatic rings. The summed E-state index contributed by atoms with van der Waals surface area (Å²) in [6.45, 7) is 6.97. The summed E-state index contributed by atoms with van der Waals surface area (Å²) in [6.07, 6.45) is 3.90. The molecule has 4 heteroatoms. The number of carbonyl (C=O) groups excluding carboxylic acids is 1. The summed E-state index contributed by atoms with van der Waals surface area (Å²) in [5, 5.41) is 3.19. The van der Waals surface area contributed by atoms with E-state index in [9.17, 15) is 4.79 Å². The van der Waals surface area contributed by atoms with Gasteiger partial charge >= 0.3 is 5.97 Å². The molecule has 0 spiro atoms. The van der Waals surface area contributed by atoms with Gasteiger partial charge in [0.1, 0.15) is 5.60 Å². The molecule has 4 nitrogen and oxygen atoms in total. The minimum atomic E-state index is -0.401. The average molecular weight is 236 g/mol. The van der Waals surface area contributed by atoms with E-state index in [0.717, 1.165) is 12.1 Å². The molecule has 17 heavy (non-hydrogen) atoms. The molecule has 0 aliphatic heterocycles. The number of nitrogens with one attached hydrogen (secondary N) is 1. The molecule has 1 rings (SSSR count). The third-order valence-electron chi connectivity index (χ3n) is 2.00. The van der Waals surface area contributed by atoms with Crippen LogP contribution in [-0.2, 0) is 16.1 Å². The van der Waals surface area contributed by atoms with Crippen molar-refractivity contribution >= 4 is 5.97 Å². The predicted octanol–water partition coefficient (Wildman–Crippen LogP) is 1.90. The van der Waals surface area contributed by atoms with Gasteiger partial charge in [-0.15, -0.1) is 0 Å². The van der Waals surface area contributed by atoms with Crippen LogP contribution in [0, 0.1) is 0 Å². The number of aromatic nitrogens is 1. The van der Waals surface area contributed by atoms with Crippen LogP contribution in [0.1, 0.15) is 32.8 Å². The summed E-state index contributed by atoms with van der Waals surface area (Å²) in [7, 11) is 0. The van der Waals surface area contributed by atoms with E-state index in [-0.39, 0.29) is 5.97 Å². The summed E-state index contributed by atoms with van der Waals surface area (Å²) in [4.78, 5) is 15.3. The SMILES string of the molecule is CC(C)(C)OC(=O)CCNCc1ccncc1. The minimum absolute atomic E-state index is 0.167. The number of ether oxygens (including phenoxy) is 1. The summed E-state index contributed by atoms with van der Waals surface area (Å²) >= 11 is 0. The molecule has 0 aliphatic carbocycles. The van der Waals surface area contributed by atoms with Crippen LogP contribution in [0.5, 0.6) is 0 Å². The van der Waals surface area contributed by atoms with E-state index in [1.165, 1.54) is 0 Å². The molecule has 0 radical (unpaired) electrons. The van der Waals surface area contributed by atoms with Gasteiger partial charge in [0.2, 0.25) is 0 Å². The Balaban J connectivity index is 2.14. The number of hydrogen-bond acceptors (Lipinski definition) is 4. The van der Waals surface area contributed by atoms with E-state index >= 15 is 0 Å². The van der Waals surface area contributed by atoms with E-state index < -0.39 is 5.60 Å². The van der Waals surface area contributed by atoms with Crippen LogP contribution in [0.4, 0.5) is 0 Å². The van der Waals surface area contributed by atoms with Crippen LogP contribution < -0.4 is 5.32 Å². The highest BCUT2D eigenvalue weighted by molar-refractivity contribution is 5.70. The molecule has 0 bridgehead atoms. The molecule has 0 saturated carbocycles. The zero-order chi connectivity index (χ0) is 12.7. The van der Waals surface area contributed by atoms with Crippen LogP contribution in [0.25, 0.3) is 0 Å². The fraction of sp³-hybridized carbons (Fsp3) is 0.538. The van der Waals surface area contributed by atoms with Gasteiger partial charge in [0.15, 0.2) is 0 Å². The Kier molecular flexibility index (Phi) is 5.10. The van der Waals surface area contributed by atoms with Crippen molar-refractivity contribution in [3.05, 3.63) is 30.1 Å². The second kappa shape index (κ2) is 6.35. The number of pyridine rings is 1. The Labute approximate surface area is 102 Å². The first kappa shape index (κ1) is 13.6. The third-order valence-corrected chi connectivity index (χ3v) is 2.00. The van der Waals surface area contributed by atoms with Gasteiger partial charge in [-0.3, -0.25) is 9.78 Å². The topological polar surface area (TPSA) is 51.2 Å². The first-order chi connectivity index (χ1) is 7.97. The Hall–Kier alpha value is -1.42. The van der Waals surface area contributed by atoms with Gasteiger partial charge in [0.25, 0.3) is 0 Å². The van der Waals surface area contributed by atoms with Gasteiger partial charge in [0.05, 0.1) is 6.42 Å². The van der Waals surface area contributed by atoms with E-state index in [2.05, 4.69) is 10.3 Å².